The highest BCUT2D eigenvalue weighted by atomic mass is 16.5. The maximum atomic E-state index is 5.35. The molecule has 0 bridgehead atoms. The van der Waals surface area contributed by atoms with Gasteiger partial charge in [-0.25, -0.2) is 4.98 Å². The normalized spacial score (nSPS) is 10.5. The topological polar surface area (TPSA) is 50.8 Å². The van der Waals surface area contributed by atoms with Crippen LogP contribution in [0.4, 0.5) is 0 Å². The van der Waals surface area contributed by atoms with Crippen LogP contribution in [-0.2, 0) is 0 Å². The molecule has 20 heavy (non-hydrogen) atoms. The number of hydrogen-bond donors (Lipinski definition) is 1. The van der Waals surface area contributed by atoms with Crippen molar-refractivity contribution in [1.29, 1.82) is 0 Å². The summed E-state index contributed by atoms with van der Waals surface area (Å²) in [6.07, 6.45) is 5.39. The van der Waals surface area contributed by atoms with Crippen LogP contribution in [0.15, 0.2) is 48.9 Å². The summed E-state index contributed by atoms with van der Waals surface area (Å²) in [5, 5.41) is 0. The molecule has 1 N–H and O–H groups in total. The molecule has 3 rings (SSSR count). The van der Waals surface area contributed by atoms with E-state index in [1.807, 2.05) is 49.6 Å². The standard InChI is InChI=1S/C16H15N3O/c1-11-5-6-12(8-15(11)20-2)16-18-10-14(19-16)13-4-3-7-17-9-13/h3-10H,1-2H3,(H,18,19). The van der Waals surface area contributed by atoms with Gasteiger partial charge in [-0.1, -0.05) is 12.1 Å². The van der Waals surface area contributed by atoms with E-state index in [0.717, 1.165) is 34.0 Å². The number of aryl methyl sites for hydroxylation is 1. The third kappa shape index (κ3) is 2.28. The van der Waals surface area contributed by atoms with Crippen molar-refractivity contribution in [3.63, 3.8) is 0 Å². The first-order valence-corrected chi connectivity index (χ1v) is 6.38. The van der Waals surface area contributed by atoms with Gasteiger partial charge in [-0.15, -0.1) is 0 Å². The average molecular weight is 265 g/mol. The SMILES string of the molecule is COc1cc(-c2ncc(-c3cccnc3)[nH]2)ccc1C. The Kier molecular flexibility index (Phi) is 3.21. The summed E-state index contributed by atoms with van der Waals surface area (Å²) in [4.78, 5) is 11.9. The summed E-state index contributed by atoms with van der Waals surface area (Å²) in [5.74, 6) is 1.68. The van der Waals surface area contributed by atoms with Gasteiger partial charge in [0, 0.05) is 23.5 Å². The van der Waals surface area contributed by atoms with Crippen LogP contribution in [0.3, 0.4) is 0 Å². The van der Waals surface area contributed by atoms with Crippen LogP contribution in [0, 0.1) is 6.92 Å². The lowest BCUT2D eigenvalue weighted by atomic mass is 10.1. The van der Waals surface area contributed by atoms with Gasteiger partial charge < -0.3 is 9.72 Å². The molecule has 100 valence electrons. The number of nitrogens with one attached hydrogen (secondary N) is 1. The van der Waals surface area contributed by atoms with Crippen molar-refractivity contribution in [2.45, 2.75) is 6.92 Å². The van der Waals surface area contributed by atoms with Gasteiger partial charge in [-0.3, -0.25) is 4.98 Å². The van der Waals surface area contributed by atoms with Crippen LogP contribution in [0.5, 0.6) is 5.75 Å². The number of aromatic nitrogens is 3. The highest BCUT2D eigenvalue weighted by Gasteiger charge is 2.07. The minimum Gasteiger partial charge on any atom is -0.496 e. The molecule has 0 fully saturated rings. The molecule has 2 aromatic heterocycles. The van der Waals surface area contributed by atoms with Gasteiger partial charge in [0.2, 0.25) is 0 Å². The first-order valence-electron chi connectivity index (χ1n) is 6.38. The van der Waals surface area contributed by atoms with E-state index in [9.17, 15) is 0 Å². The second kappa shape index (κ2) is 5.17. The molecule has 0 aliphatic heterocycles. The maximum Gasteiger partial charge on any atom is 0.137 e. The molecule has 0 unspecified atom stereocenters. The number of methoxy groups -OCH3 is 1. The average Bonchev–Trinajstić information content (AvgIpc) is 2.98. The zero-order valence-corrected chi connectivity index (χ0v) is 11.4. The molecule has 0 aliphatic rings. The predicted molar refractivity (Wildman–Crippen MR) is 78.5 cm³/mol. The van der Waals surface area contributed by atoms with Crippen LogP contribution >= 0.6 is 0 Å². The Labute approximate surface area is 117 Å². The van der Waals surface area contributed by atoms with Crippen molar-refractivity contribution in [3.05, 3.63) is 54.5 Å². The monoisotopic (exact) mass is 265 g/mol. The number of benzene rings is 1. The summed E-state index contributed by atoms with van der Waals surface area (Å²) >= 11 is 0. The van der Waals surface area contributed by atoms with Crippen LogP contribution in [-0.4, -0.2) is 22.1 Å². The fourth-order valence-electron chi connectivity index (χ4n) is 2.10. The largest absolute Gasteiger partial charge is 0.496 e. The van der Waals surface area contributed by atoms with Crippen molar-refractivity contribution < 1.29 is 4.74 Å². The number of pyridine rings is 1. The smallest absolute Gasteiger partial charge is 0.137 e. The van der Waals surface area contributed by atoms with E-state index in [0.29, 0.717) is 0 Å². The van der Waals surface area contributed by atoms with Gasteiger partial charge in [0.1, 0.15) is 11.6 Å². The van der Waals surface area contributed by atoms with Gasteiger partial charge in [-0.2, -0.15) is 0 Å². The molecule has 0 spiro atoms. The van der Waals surface area contributed by atoms with Crippen LogP contribution in [0.2, 0.25) is 0 Å². The predicted octanol–water partition coefficient (Wildman–Crippen LogP) is 3.46. The molecular weight excluding hydrogens is 250 g/mol. The van der Waals surface area contributed by atoms with E-state index in [-0.39, 0.29) is 0 Å². The minimum absolute atomic E-state index is 0.821. The molecule has 4 nitrogen and oxygen atoms in total. The Morgan fingerprint density at radius 3 is 2.75 bits per heavy atom. The zero-order chi connectivity index (χ0) is 13.9. The Morgan fingerprint density at radius 1 is 1.10 bits per heavy atom. The van der Waals surface area contributed by atoms with E-state index in [1.165, 1.54) is 0 Å². The molecule has 4 heteroatoms. The van der Waals surface area contributed by atoms with E-state index in [2.05, 4.69) is 15.0 Å². The molecule has 0 saturated carbocycles. The third-order valence-corrected chi connectivity index (χ3v) is 3.23. The molecule has 0 aliphatic carbocycles. The van der Waals surface area contributed by atoms with Crippen LogP contribution < -0.4 is 4.74 Å². The Bertz CT molecular complexity index is 720. The fourth-order valence-corrected chi connectivity index (χ4v) is 2.10. The molecule has 0 amide bonds. The highest BCUT2D eigenvalue weighted by molar-refractivity contribution is 5.65. The number of aromatic amines is 1. The van der Waals surface area contributed by atoms with Crippen molar-refractivity contribution in [1.82, 2.24) is 15.0 Å². The van der Waals surface area contributed by atoms with E-state index >= 15 is 0 Å². The third-order valence-electron chi connectivity index (χ3n) is 3.23. The van der Waals surface area contributed by atoms with Crippen molar-refractivity contribution in [2.75, 3.05) is 7.11 Å². The lowest BCUT2D eigenvalue weighted by Gasteiger charge is -2.05. The fraction of sp³-hybridized carbons (Fsp3) is 0.125. The van der Waals surface area contributed by atoms with Crippen molar-refractivity contribution >= 4 is 0 Å². The molecule has 1 aromatic carbocycles. The number of rotatable bonds is 3. The summed E-state index contributed by atoms with van der Waals surface area (Å²) in [6.45, 7) is 2.02. The molecule has 0 radical (unpaired) electrons. The van der Waals surface area contributed by atoms with E-state index < -0.39 is 0 Å². The lowest BCUT2D eigenvalue weighted by molar-refractivity contribution is 0.412. The quantitative estimate of drug-likeness (QED) is 0.789. The highest BCUT2D eigenvalue weighted by Crippen LogP contribution is 2.26. The van der Waals surface area contributed by atoms with Gasteiger partial charge in [0.05, 0.1) is 19.0 Å². The first-order chi connectivity index (χ1) is 9.78. The molecular formula is C16H15N3O. The van der Waals surface area contributed by atoms with Gasteiger partial charge >= 0.3 is 0 Å². The van der Waals surface area contributed by atoms with Crippen LogP contribution in [0.1, 0.15) is 5.56 Å². The lowest BCUT2D eigenvalue weighted by Crippen LogP contribution is -1.89. The molecule has 0 saturated heterocycles. The number of H-pyrrole nitrogens is 1. The Hall–Kier alpha value is -2.62. The summed E-state index contributed by atoms with van der Waals surface area (Å²) < 4.78 is 5.35. The van der Waals surface area contributed by atoms with Crippen molar-refractivity contribution in [2.24, 2.45) is 0 Å². The van der Waals surface area contributed by atoms with Gasteiger partial charge in [0.15, 0.2) is 0 Å². The molecule has 2 heterocycles. The van der Waals surface area contributed by atoms with E-state index in [1.54, 1.807) is 13.3 Å². The minimum atomic E-state index is 0.821. The zero-order valence-electron chi connectivity index (χ0n) is 11.4. The number of ether oxygens (including phenoxy) is 1. The summed E-state index contributed by atoms with van der Waals surface area (Å²) in [6, 6.07) is 9.95. The molecule has 3 aromatic rings. The number of hydrogen-bond acceptors (Lipinski definition) is 3. The van der Waals surface area contributed by atoms with Gasteiger partial charge in [0.25, 0.3) is 0 Å². The maximum absolute atomic E-state index is 5.35. The molecule has 0 atom stereocenters. The first kappa shape index (κ1) is 12.4. The van der Waals surface area contributed by atoms with E-state index in [4.69, 9.17) is 4.74 Å². The van der Waals surface area contributed by atoms with Gasteiger partial charge in [-0.05, 0) is 30.7 Å². The second-order valence-electron chi connectivity index (χ2n) is 4.57. The van der Waals surface area contributed by atoms with Crippen LogP contribution in [0.25, 0.3) is 22.6 Å². The van der Waals surface area contributed by atoms with Crippen molar-refractivity contribution in [3.8, 4) is 28.4 Å². The second-order valence-corrected chi connectivity index (χ2v) is 4.57. The Balaban J connectivity index is 1.98. The summed E-state index contributed by atoms with van der Waals surface area (Å²) in [7, 11) is 1.68. The Morgan fingerprint density at radius 2 is 2.00 bits per heavy atom. The summed E-state index contributed by atoms with van der Waals surface area (Å²) in [5.41, 5.74) is 4.08. The number of imidazole rings is 1. The number of nitrogens with zero attached hydrogens (tertiary/aromatic N) is 2.